The summed E-state index contributed by atoms with van der Waals surface area (Å²) in [4.78, 5) is 104. The highest BCUT2D eigenvalue weighted by molar-refractivity contribution is 9.11. The Morgan fingerprint density at radius 2 is 0.719 bits per heavy atom. The molecule has 0 saturated carbocycles. The molecule has 0 bridgehead atoms. The van der Waals surface area contributed by atoms with E-state index in [-0.39, 0.29) is 46.6 Å². The number of hydrogen-bond donors (Lipinski definition) is 7. The Labute approximate surface area is 580 Å². The lowest BCUT2D eigenvalue weighted by atomic mass is 9.97. The number of Topliss-reactive ketones (excluding diaryl/α,β-unsaturated/α-hetero) is 2. The number of aromatic amines is 3. The second-order valence-electron chi connectivity index (χ2n) is 24.1. The van der Waals surface area contributed by atoms with E-state index >= 15 is 0 Å². The molecule has 9 aromatic rings. The van der Waals surface area contributed by atoms with Gasteiger partial charge in [-0.2, -0.15) is 0 Å². The van der Waals surface area contributed by atoms with E-state index in [0.717, 1.165) is 81.8 Å². The van der Waals surface area contributed by atoms with E-state index < -0.39 is 11.8 Å². The van der Waals surface area contributed by atoms with Gasteiger partial charge in [0, 0.05) is 66.2 Å². The number of carbonyl (C=O) groups excluding carboxylic acids is 6. The number of H-pyrrole nitrogens is 3. The van der Waals surface area contributed by atoms with Gasteiger partial charge in [-0.05, 0) is 171 Å². The summed E-state index contributed by atoms with van der Waals surface area (Å²) in [5.74, 6) is -1.71. The summed E-state index contributed by atoms with van der Waals surface area (Å²) in [5, 5.41) is 34.8. The van der Waals surface area contributed by atoms with Crippen LogP contribution in [-0.4, -0.2) is 166 Å². The molecule has 7 N–H and O–H groups in total. The van der Waals surface area contributed by atoms with Gasteiger partial charge >= 0.3 is 0 Å². The number of aromatic hydroxyl groups is 3. The number of benzene rings is 6. The van der Waals surface area contributed by atoms with Crippen molar-refractivity contribution in [2.45, 2.75) is 44.9 Å². The van der Waals surface area contributed by atoms with Gasteiger partial charge in [0.1, 0.15) is 0 Å². The number of carbonyl (C=O) groups is 6. The van der Waals surface area contributed by atoms with Crippen LogP contribution in [0.4, 0.5) is 0 Å². The highest BCUT2D eigenvalue weighted by atomic mass is 79.9. The highest BCUT2D eigenvalue weighted by Gasteiger charge is 2.37. The minimum Gasteiger partial charge on any atom is -0.494 e. The van der Waals surface area contributed by atoms with Crippen LogP contribution < -0.4 is 5.32 Å². The molecule has 0 spiro atoms. The number of ketones is 2. The molecular formula is C74H71Br3N10O9. The van der Waals surface area contributed by atoms with Gasteiger partial charge in [0.2, 0.25) is 0 Å². The zero-order valence-corrected chi connectivity index (χ0v) is 58.5. The molecule has 4 amide bonds. The van der Waals surface area contributed by atoms with E-state index in [2.05, 4.69) is 97.7 Å². The number of fused-ring (bicyclic) bond motifs is 3. The first kappa shape index (κ1) is 69.5. The minimum absolute atomic E-state index is 0.0292. The Morgan fingerprint density at radius 1 is 0.396 bits per heavy atom. The summed E-state index contributed by atoms with van der Waals surface area (Å²) >= 11 is 10.2. The SMILES string of the molecule is CN(C)CCCCC(=O)c1cccc(-c2[nH]c(O)c3c2C(=O)N=C3c2ccc(Br)cc2)c1.CN(C)CCCCC(=O)c1cccc(C2=NC(=O)c3c(-c4cccc(C(=O)NCCCN(C)C)c4)[nH]c(O)c32)c1.O=C1N=C(c2ccc(Br)cc2)c2c(O)[nH]c(-c3ccc(Br)cc3)c21. The maximum absolute atomic E-state index is 13.1. The summed E-state index contributed by atoms with van der Waals surface area (Å²) in [7, 11) is 12.0. The molecule has 3 aliphatic rings. The van der Waals surface area contributed by atoms with Crippen molar-refractivity contribution in [2.75, 3.05) is 68.5 Å². The van der Waals surface area contributed by atoms with Crippen LogP contribution in [0.2, 0.25) is 0 Å². The van der Waals surface area contributed by atoms with Gasteiger partial charge in [-0.25, -0.2) is 15.0 Å². The van der Waals surface area contributed by atoms with Crippen LogP contribution >= 0.6 is 47.8 Å². The maximum Gasteiger partial charge on any atom is 0.280 e. The molecule has 0 fully saturated rings. The Balaban J connectivity index is 0.000000161. The Hall–Kier alpha value is -9.29. The molecule has 3 aliphatic heterocycles. The van der Waals surface area contributed by atoms with Gasteiger partial charge in [0.05, 0.1) is 67.6 Å². The predicted molar refractivity (Wildman–Crippen MR) is 385 cm³/mol. The molecule has 3 aromatic heterocycles. The van der Waals surface area contributed by atoms with Crippen LogP contribution in [0.25, 0.3) is 33.8 Å². The van der Waals surface area contributed by atoms with Crippen molar-refractivity contribution in [1.29, 1.82) is 0 Å². The molecule has 19 nitrogen and oxygen atoms in total. The number of nitrogens with zero attached hydrogens (tertiary/aromatic N) is 6. The van der Waals surface area contributed by atoms with Crippen molar-refractivity contribution in [1.82, 2.24) is 35.0 Å². The number of amides is 4. The molecule has 12 rings (SSSR count). The van der Waals surface area contributed by atoms with Gasteiger partial charge < -0.3 is 50.3 Å². The van der Waals surface area contributed by atoms with Crippen molar-refractivity contribution in [2.24, 2.45) is 15.0 Å². The summed E-state index contributed by atoms with van der Waals surface area (Å²) in [5.41, 5.74) is 10.6. The first-order chi connectivity index (χ1) is 46.0. The minimum atomic E-state index is -0.490. The van der Waals surface area contributed by atoms with Crippen molar-refractivity contribution in [3.05, 3.63) is 226 Å². The Morgan fingerprint density at radius 3 is 1.11 bits per heavy atom. The number of aliphatic imine (C=N–C) groups is 3. The van der Waals surface area contributed by atoms with Gasteiger partial charge in [-0.1, -0.05) is 133 Å². The van der Waals surface area contributed by atoms with E-state index in [0.29, 0.717) is 115 Å². The summed E-state index contributed by atoms with van der Waals surface area (Å²) < 4.78 is 2.79. The van der Waals surface area contributed by atoms with E-state index in [9.17, 15) is 44.1 Å². The van der Waals surface area contributed by atoms with Gasteiger partial charge in [-0.3, -0.25) is 28.8 Å². The van der Waals surface area contributed by atoms with Gasteiger partial charge in [0.25, 0.3) is 23.6 Å². The van der Waals surface area contributed by atoms with E-state index in [1.54, 1.807) is 66.7 Å². The van der Waals surface area contributed by atoms with Crippen LogP contribution in [0, 0.1) is 0 Å². The third kappa shape index (κ3) is 16.2. The molecule has 0 radical (unpaired) electrons. The largest absolute Gasteiger partial charge is 0.494 e. The normalized spacial score (nSPS) is 12.8. The Bertz CT molecular complexity index is 4540. The standard InChI is InChI=1S/C31H37N5O4.C25H24BrN3O3.C18H10Br2N2O2/c1-35(2)16-6-5-14-24(37)20-10-7-11-21(18-20)27-25-26(31(40)33-27)28(34-30(25)39)22-12-8-13-23(19-22)29(38)32-15-9-17-36(3)4;1-29(2)13-4-3-8-19(30)16-6-5-7-17(14-16)23-21-20(24(31)28-23)22(27-25(21)32)15-9-11-18(26)12-10-15;19-11-5-1-9(2-6-11)15-13-14(18(24)21-15)16(22-17(13)23)10-3-7-12(20)8-4-10/h7-8,10-13,18-19,34,39H,5-6,9,14-17H2,1-4H3,(H,32,38);5-7,9-12,14,28,31H,3-4,8,13H2,1-2H3;1-8,21,24H. The van der Waals surface area contributed by atoms with E-state index in [1.807, 2.05) is 121 Å². The number of hydrogen-bond acceptors (Lipinski definition) is 12. The van der Waals surface area contributed by atoms with Crippen LogP contribution in [0.5, 0.6) is 17.6 Å². The fourth-order valence-corrected chi connectivity index (χ4v) is 12.3. The first-order valence-corrected chi connectivity index (χ1v) is 33.6. The molecule has 22 heteroatoms. The first-order valence-electron chi connectivity index (χ1n) is 31.2. The molecule has 96 heavy (non-hydrogen) atoms. The second-order valence-corrected chi connectivity index (χ2v) is 26.9. The third-order valence-corrected chi connectivity index (χ3v) is 17.8. The number of aromatic nitrogens is 3. The highest BCUT2D eigenvalue weighted by Crippen LogP contribution is 2.42. The maximum atomic E-state index is 13.1. The fourth-order valence-electron chi connectivity index (χ4n) is 11.5. The van der Waals surface area contributed by atoms with Crippen LogP contribution in [-0.2, 0) is 0 Å². The summed E-state index contributed by atoms with van der Waals surface area (Å²) in [6, 6.07) is 43.5. The average Bonchev–Trinajstić information content (AvgIpc) is 1.61. The molecule has 0 atom stereocenters. The van der Waals surface area contributed by atoms with E-state index in [1.165, 1.54) is 0 Å². The number of halogens is 3. The quantitative estimate of drug-likeness (QED) is 0.0233. The van der Waals surface area contributed by atoms with E-state index in [4.69, 9.17) is 0 Å². The molecule has 0 aliphatic carbocycles. The van der Waals surface area contributed by atoms with Crippen LogP contribution in [0.15, 0.2) is 174 Å². The van der Waals surface area contributed by atoms with Crippen molar-refractivity contribution in [3.8, 4) is 51.4 Å². The van der Waals surface area contributed by atoms with Crippen molar-refractivity contribution < 1.29 is 44.1 Å². The molecule has 6 aromatic carbocycles. The smallest absolute Gasteiger partial charge is 0.280 e. The fraction of sp³-hybridized carbons (Fsp3) is 0.230. The predicted octanol–water partition coefficient (Wildman–Crippen LogP) is 13.9. The van der Waals surface area contributed by atoms with Gasteiger partial charge in [-0.15, -0.1) is 0 Å². The summed E-state index contributed by atoms with van der Waals surface area (Å²) in [6.07, 6.45) is 5.24. The monoisotopic (exact) mass is 1480 g/mol. The van der Waals surface area contributed by atoms with Gasteiger partial charge in [0.15, 0.2) is 29.2 Å². The Kier molecular flexibility index (Phi) is 22.5. The van der Waals surface area contributed by atoms with Crippen LogP contribution in [0.3, 0.4) is 0 Å². The molecular weight excluding hydrogens is 1410 g/mol. The molecule has 492 valence electrons. The number of nitrogens with one attached hydrogen (secondary N) is 4. The number of rotatable bonds is 23. The van der Waals surface area contributed by atoms with Crippen LogP contribution in [0.1, 0.15) is 140 Å². The molecule has 6 heterocycles. The zero-order chi connectivity index (χ0) is 68.5. The average molecular weight is 1480 g/mol. The zero-order valence-electron chi connectivity index (χ0n) is 53.7. The molecule has 0 saturated heterocycles. The van der Waals surface area contributed by atoms with Crippen molar-refractivity contribution >= 4 is 100 Å². The second kappa shape index (κ2) is 31.1. The molecule has 0 unspecified atom stereocenters. The lowest BCUT2D eigenvalue weighted by molar-refractivity contribution is 0.0948. The van der Waals surface area contributed by atoms with Crippen molar-refractivity contribution in [3.63, 3.8) is 0 Å². The summed E-state index contributed by atoms with van der Waals surface area (Å²) in [6.45, 7) is 3.29. The lowest BCUT2D eigenvalue weighted by Gasteiger charge is -2.10. The lowest BCUT2D eigenvalue weighted by Crippen LogP contribution is -2.27. The third-order valence-electron chi connectivity index (χ3n) is 16.2. The topological polar surface area (TPSA) is 269 Å². The number of unbranched alkanes of at least 4 members (excludes halogenated alkanes) is 2.